The predicted molar refractivity (Wildman–Crippen MR) is 129 cm³/mol. The normalized spacial score (nSPS) is 14.1. The number of piperazine rings is 1. The summed E-state index contributed by atoms with van der Waals surface area (Å²) < 4.78 is 28.8. The van der Waals surface area contributed by atoms with Gasteiger partial charge in [-0.15, -0.1) is 0 Å². The number of halogens is 2. The number of hydrogen-bond donors (Lipinski definition) is 2. The molecular weight excluding hydrogens is 442 g/mol. The van der Waals surface area contributed by atoms with Gasteiger partial charge in [0.1, 0.15) is 18.2 Å². The first-order valence-electron chi connectivity index (χ1n) is 11.0. The van der Waals surface area contributed by atoms with Crippen LogP contribution < -0.4 is 21.1 Å². The number of aromatic nitrogens is 2. The lowest BCUT2D eigenvalue weighted by Crippen LogP contribution is -2.47. The highest BCUT2D eigenvalue weighted by Gasteiger charge is 2.17. The van der Waals surface area contributed by atoms with Gasteiger partial charge < -0.3 is 20.1 Å². The van der Waals surface area contributed by atoms with E-state index in [-0.39, 0.29) is 29.2 Å². The molecule has 34 heavy (non-hydrogen) atoms. The van der Waals surface area contributed by atoms with Crippen molar-refractivity contribution in [3.8, 4) is 11.1 Å². The summed E-state index contributed by atoms with van der Waals surface area (Å²) in [6.45, 7) is 3.31. The van der Waals surface area contributed by atoms with E-state index in [0.29, 0.717) is 24.3 Å². The van der Waals surface area contributed by atoms with E-state index in [1.54, 1.807) is 37.5 Å². The first-order valence-corrected chi connectivity index (χ1v) is 11.0. The second-order valence-corrected chi connectivity index (χ2v) is 8.03. The number of hydrogen-bond acceptors (Lipinski definition) is 6. The third-order valence-corrected chi connectivity index (χ3v) is 5.86. The Balaban J connectivity index is 1.53. The summed E-state index contributed by atoms with van der Waals surface area (Å²) in [5.74, 6) is -0.112. The van der Waals surface area contributed by atoms with E-state index in [9.17, 15) is 18.4 Å². The molecule has 1 saturated heterocycles. The van der Waals surface area contributed by atoms with Crippen molar-refractivity contribution in [2.45, 2.75) is 0 Å². The maximum atomic E-state index is 14.9. The SMILES string of the molecule is Cn1cc(-c2cccc(NC=O)c2F)cc(Nc2ccc(N3CCN(CCF)CC3)cn2)c1=O. The Morgan fingerprint density at radius 3 is 2.59 bits per heavy atom. The number of rotatable bonds is 8. The number of alkyl halides is 1. The van der Waals surface area contributed by atoms with Crippen LogP contribution in [-0.2, 0) is 11.8 Å². The van der Waals surface area contributed by atoms with Crippen molar-refractivity contribution >= 4 is 29.3 Å². The van der Waals surface area contributed by atoms with Crippen molar-refractivity contribution in [1.29, 1.82) is 0 Å². The summed E-state index contributed by atoms with van der Waals surface area (Å²) in [5.41, 5.74) is 1.68. The molecule has 1 fully saturated rings. The van der Waals surface area contributed by atoms with Gasteiger partial charge in [-0.2, -0.15) is 0 Å². The van der Waals surface area contributed by atoms with Gasteiger partial charge in [0.15, 0.2) is 5.82 Å². The van der Waals surface area contributed by atoms with Crippen molar-refractivity contribution in [1.82, 2.24) is 14.5 Å². The van der Waals surface area contributed by atoms with Gasteiger partial charge in [-0.3, -0.25) is 14.5 Å². The van der Waals surface area contributed by atoms with Crippen LogP contribution in [0.3, 0.4) is 0 Å². The van der Waals surface area contributed by atoms with Crippen molar-refractivity contribution in [3.05, 3.63) is 65.0 Å². The maximum absolute atomic E-state index is 14.9. The smallest absolute Gasteiger partial charge is 0.274 e. The van der Waals surface area contributed by atoms with Crippen LogP contribution in [0, 0.1) is 5.82 Å². The average molecular weight is 469 g/mol. The van der Waals surface area contributed by atoms with E-state index in [0.717, 1.165) is 31.9 Å². The molecule has 1 aromatic carbocycles. The van der Waals surface area contributed by atoms with Crippen LogP contribution in [-0.4, -0.2) is 60.3 Å². The molecule has 0 atom stereocenters. The summed E-state index contributed by atoms with van der Waals surface area (Å²) in [7, 11) is 1.58. The second kappa shape index (κ2) is 10.4. The van der Waals surface area contributed by atoms with E-state index in [2.05, 4.69) is 25.4 Å². The number of anilines is 4. The fourth-order valence-electron chi connectivity index (χ4n) is 4.01. The fourth-order valence-corrected chi connectivity index (χ4v) is 4.01. The van der Waals surface area contributed by atoms with E-state index in [1.165, 1.54) is 16.8 Å². The molecule has 4 rings (SSSR count). The number of carbonyl (C=O) groups is 1. The molecule has 2 aromatic heterocycles. The van der Waals surface area contributed by atoms with Crippen LogP contribution in [0.25, 0.3) is 11.1 Å². The minimum atomic E-state index is -0.590. The molecule has 0 bridgehead atoms. The first kappa shape index (κ1) is 23.4. The highest BCUT2D eigenvalue weighted by molar-refractivity contribution is 5.78. The van der Waals surface area contributed by atoms with E-state index in [4.69, 9.17) is 0 Å². The minimum absolute atomic E-state index is 0.0543. The molecule has 3 aromatic rings. The molecule has 1 aliphatic rings. The summed E-state index contributed by atoms with van der Waals surface area (Å²) >= 11 is 0. The molecule has 178 valence electrons. The summed E-state index contributed by atoms with van der Waals surface area (Å²) in [6.07, 6.45) is 3.68. The molecule has 0 unspecified atom stereocenters. The van der Waals surface area contributed by atoms with Gasteiger partial charge >= 0.3 is 0 Å². The molecule has 10 heteroatoms. The average Bonchev–Trinajstić information content (AvgIpc) is 2.84. The third-order valence-electron chi connectivity index (χ3n) is 5.86. The van der Waals surface area contributed by atoms with Crippen LogP contribution in [0.1, 0.15) is 0 Å². The van der Waals surface area contributed by atoms with Crippen LogP contribution in [0.15, 0.2) is 53.6 Å². The van der Waals surface area contributed by atoms with Gasteiger partial charge in [0.05, 0.1) is 17.6 Å². The fraction of sp³-hybridized carbons (Fsp3) is 0.292. The zero-order valence-electron chi connectivity index (χ0n) is 18.8. The Labute approximate surface area is 195 Å². The molecule has 8 nitrogen and oxygen atoms in total. The van der Waals surface area contributed by atoms with Crippen molar-refractivity contribution < 1.29 is 13.6 Å². The van der Waals surface area contributed by atoms with E-state index in [1.807, 2.05) is 6.07 Å². The quantitative estimate of drug-likeness (QED) is 0.495. The Morgan fingerprint density at radius 2 is 1.91 bits per heavy atom. The molecule has 3 heterocycles. The van der Waals surface area contributed by atoms with Gasteiger partial charge in [0.25, 0.3) is 5.56 Å². The molecule has 0 radical (unpaired) electrons. The van der Waals surface area contributed by atoms with Crippen LogP contribution in [0.4, 0.5) is 31.7 Å². The predicted octanol–water partition coefficient (Wildman–Crippen LogP) is 2.99. The number of amides is 1. The third kappa shape index (κ3) is 5.07. The van der Waals surface area contributed by atoms with Crippen molar-refractivity contribution in [2.24, 2.45) is 7.05 Å². The topological polar surface area (TPSA) is 82.5 Å². The largest absolute Gasteiger partial charge is 0.368 e. The Bertz CT molecular complexity index is 1210. The number of carbonyl (C=O) groups excluding carboxylic acids is 1. The van der Waals surface area contributed by atoms with E-state index < -0.39 is 5.82 Å². The zero-order valence-corrected chi connectivity index (χ0v) is 18.8. The lowest BCUT2D eigenvalue weighted by Gasteiger charge is -2.35. The molecule has 0 spiro atoms. The Kier molecular flexibility index (Phi) is 7.17. The number of benzene rings is 1. The van der Waals surface area contributed by atoms with Gasteiger partial charge in [-0.25, -0.2) is 13.8 Å². The second-order valence-electron chi connectivity index (χ2n) is 8.03. The molecule has 0 saturated carbocycles. The Hall–Kier alpha value is -3.79. The summed E-state index contributed by atoms with van der Waals surface area (Å²) in [6, 6.07) is 9.93. The summed E-state index contributed by atoms with van der Waals surface area (Å²) in [4.78, 5) is 32.1. The van der Waals surface area contributed by atoms with Gasteiger partial charge in [-0.1, -0.05) is 12.1 Å². The van der Waals surface area contributed by atoms with E-state index >= 15 is 0 Å². The van der Waals surface area contributed by atoms with Gasteiger partial charge in [-0.05, 0) is 24.3 Å². The highest BCUT2D eigenvalue weighted by Crippen LogP contribution is 2.29. The molecule has 1 aliphatic heterocycles. The van der Waals surface area contributed by atoms with Gasteiger partial charge in [0, 0.05) is 57.1 Å². The zero-order chi connectivity index (χ0) is 24.1. The number of nitrogens with zero attached hydrogens (tertiary/aromatic N) is 4. The van der Waals surface area contributed by atoms with Crippen molar-refractivity contribution in [3.63, 3.8) is 0 Å². The lowest BCUT2D eigenvalue weighted by atomic mass is 10.1. The molecule has 2 N–H and O–H groups in total. The lowest BCUT2D eigenvalue weighted by molar-refractivity contribution is -0.105. The molecular formula is C24H26F2N6O2. The summed E-state index contributed by atoms with van der Waals surface area (Å²) in [5, 5.41) is 5.36. The maximum Gasteiger partial charge on any atom is 0.274 e. The minimum Gasteiger partial charge on any atom is -0.368 e. The first-order chi connectivity index (χ1) is 16.5. The standard InChI is InChI=1S/C24H26F2N6O2/c1-30-15-17(19-3-2-4-20(23(19)26)28-16-33)13-21(24(30)34)29-22-6-5-18(14-27-22)32-11-9-31(8-7-25)10-12-32/h2-6,13-16H,7-12H2,1H3,(H,27,29)(H,28,33). The van der Waals surface area contributed by atoms with Crippen LogP contribution >= 0.6 is 0 Å². The number of pyridine rings is 2. The molecule has 1 amide bonds. The van der Waals surface area contributed by atoms with Crippen LogP contribution in [0.5, 0.6) is 0 Å². The number of aryl methyl sites for hydroxylation is 1. The Morgan fingerprint density at radius 1 is 1.12 bits per heavy atom. The molecule has 0 aliphatic carbocycles. The highest BCUT2D eigenvalue weighted by atomic mass is 19.1. The van der Waals surface area contributed by atoms with Crippen LogP contribution in [0.2, 0.25) is 0 Å². The van der Waals surface area contributed by atoms with Gasteiger partial charge in [0.2, 0.25) is 6.41 Å². The monoisotopic (exact) mass is 468 g/mol. The number of nitrogens with one attached hydrogen (secondary N) is 2. The van der Waals surface area contributed by atoms with Crippen molar-refractivity contribution in [2.75, 3.05) is 54.9 Å².